The molecule has 0 bridgehead atoms. The van der Waals surface area contributed by atoms with Crippen molar-refractivity contribution in [3.05, 3.63) is 72.1 Å². The van der Waals surface area contributed by atoms with E-state index in [1.807, 2.05) is 49.4 Å². The highest BCUT2D eigenvalue weighted by Gasteiger charge is 2.07. The van der Waals surface area contributed by atoms with Gasteiger partial charge in [0.1, 0.15) is 12.0 Å². The minimum absolute atomic E-state index is 0. The molecule has 3 rings (SSSR count). The van der Waals surface area contributed by atoms with Gasteiger partial charge in [-0.2, -0.15) is 0 Å². The van der Waals surface area contributed by atoms with E-state index in [0.717, 1.165) is 29.8 Å². The van der Waals surface area contributed by atoms with Crippen LogP contribution in [-0.4, -0.2) is 38.7 Å². The molecule has 0 aliphatic rings. The number of nitrogens with one attached hydrogen (secondary N) is 2. The van der Waals surface area contributed by atoms with Gasteiger partial charge in [-0.05, 0) is 43.2 Å². The van der Waals surface area contributed by atoms with Crippen molar-refractivity contribution < 1.29 is 12.8 Å². The summed E-state index contributed by atoms with van der Waals surface area (Å²) < 4.78 is 28.6. The molecule has 0 amide bonds. The first kappa shape index (κ1) is 24.9. The number of hydrogen-bond acceptors (Lipinski definition) is 5. The van der Waals surface area contributed by atoms with Gasteiger partial charge in [0.05, 0.1) is 11.4 Å². The highest BCUT2D eigenvalue weighted by Crippen LogP contribution is 2.18. The number of benzene rings is 2. The summed E-state index contributed by atoms with van der Waals surface area (Å²) in [4.78, 5) is 9.38. The average molecular weight is 554 g/mol. The van der Waals surface area contributed by atoms with E-state index in [1.54, 1.807) is 18.4 Å². The second-order valence-electron chi connectivity index (χ2n) is 6.80. The number of aliphatic imine (C=N–C) groups is 1. The average Bonchev–Trinajstić information content (AvgIpc) is 3.21. The summed E-state index contributed by atoms with van der Waals surface area (Å²) in [5, 5.41) is 6.49. The molecule has 7 nitrogen and oxygen atoms in total. The van der Waals surface area contributed by atoms with E-state index in [4.69, 9.17) is 4.42 Å². The van der Waals surface area contributed by atoms with Crippen molar-refractivity contribution in [3.8, 4) is 11.5 Å². The van der Waals surface area contributed by atoms with E-state index in [0.29, 0.717) is 29.8 Å². The molecule has 0 fully saturated rings. The third-order valence-electron chi connectivity index (χ3n) is 4.37. The van der Waals surface area contributed by atoms with Crippen LogP contribution in [0.25, 0.3) is 11.5 Å². The SMILES string of the molecule is CCNC(=NCc1coc(-c2ccccc2)n1)NCCc1ccc(S(C)(=O)=O)cc1.I. The van der Waals surface area contributed by atoms with E-state index < -0.39 is 9.84 Å². The van der Waals surface area contributed by atoms with Crippen LogP contribution in [0.4, 0.5) is 0 Å². The molecule has 2 N–H and O–H groups in total. The van der Waals surface area contributed by atoms with Gasteiger partial charge in [-0.3, -0.25) is 0 Å². The maximum absolute atomic E-state index is 11.5. The second-order valence-corrected chi connectivity index (χ2v) is 8.81. The quantitative estimate of drug-likeness (QED) is 0.251. The molecule has 166 valence electrons. The summed E-state index contributed by atoms with van der Waals surface area (Å²) >= 11 is 0. The predicted octanol–water partition coefficient (Wildman–Crippen LogP) is 3.66. The molecular weight excluding hydrogens is 527 g/mol. The van der Waals surface area contributed by atoms with Crippen LogP contribution >= 0.6 is 24.0 Å². The van der Waals surface area contributed by atoms with Crippen LogP contribution < -0.4 is 10.6 Å². The second kappa shape index (κ2) is 11.8. The van der Waals surface area contributed by atoms with Crippen LogP contribution in [0.2, 0.25) is 0 Å². The number of nitrogens with zero attached hydrogens (tertiary/aromatic N) is 2. The number of oxazole rings is 1. The number of rotatable bonds is 8. The van der Waals surface area contributed by atoms with Crippen LogP contribution in [0.15, 0.2) is 75.2 Å². The minimum Gasteiger partial charge on any atom is -0.444 e. The molecule has 1 heterocycles. The summed E-state index contributed by atoms with van der Waals surface area (Å²) in [7, 11) is -3.17. The molecule has 9 heteroatoms. The Balaban J connectivity index is 0.00000341. The van der Waals surface area contributed by atoms with E-state index >= 15 is 0 Å². The summed E-state index contributed by atoms with van der Waals surface area (Å²) in [5.41, 5.74) is 2.73. The third-order valence-corrected chi connectivity index (χ3v) is 5.50. The number of halogens is 1. The Labute approximate surface area is 200 Å². The summed E-state index contributed by atoms with van der Waals surface area (Å²) in [6.45, 7) is 3.81. The lowest BCUT2D eigenvalue weighted by molar-refractivity contribution is 0.572. The Bertz CT molecular complexity index is 1080. The molecule has 0 saturated carbocycles. The zero-order chi connectivity index (χ0) is 21.4. The zero-order valence-electron chi connectivity index (χ0n) is 17.5. The smallest absolute Gasteiger partial charge is 0.226 e. The molecule has 0 atom stereocenters. The Hall–Kier alpha value is -2.40. The van der Waals surface area contributed by atoms with Crippen molar-refractivity contribution in [1.82, 2.24) is 15.6 Å². The van der Waals surface area contributed by atoms with E-state index in [2.05, 4.69) is 20.6 Å². The molecule has 0 unspecified atom stereocenters. The lowest BCUT2D eigenvalue weighted by atomic mass is 10.1. The van der Waals surface area contributed by atoms with Crippen LogP contribution in [0.5, 0.6) is 0 Å². The van der Waals surface area contributed by atoms with Crippen molar-refractivity contribution in [2.75, 3.05) is 19.3 Å². The van der Waals surface area contributed by atoms with Crippen molar-refractivity contribution in [3.63, 3.8) is 0 Å². The van der Waals surface area contributed by atoms with Crippen LogP contribution in [0, 0.1) is 0 Å². The molecule has 0 saturated heterocycles. The third kappa shape index (κ3) is 7.66. The van der Waals surface area contributed by atoms with Gasteiger partial charge in [-0.1, -0.05) is 30.3 Å². The number of hydrogen-bond donors (Lipinski definition) is 2. The van der Waals surface area contributed by atoms with Gasteiger partial charge < -0.3 is 15.1 Å². The van der Waals surface area contributed by atoms with E-state index in [-0.39, 0.29) is 24.0 Å². The first-order chi connectivity index (χ1) is 14.5. The minimum atomic E-state index is -3.17. The molecule has 0 aliphatic carbocycles. The number of sulfone groups is 1. The molecule has 0 radical (unpaired) electrons. The summed E-state index contributed by atoms with van der Waals surface area (Å²) in [5.74, 6) is 1.27. The van der Waals surface area contributed by atoms with Crippen LogP contribution in [0.3, 0.4) is 0 Å². The lowest BCUT2D eigenvalue weighted by Gasteiger charge is -2.11. The highest BCUT2D eigenvalue weighted by atomic mass is 127. The molecule has 1 aromatic heterocycles. The maximum atomic E-state index is 11.5. The monoisotopic (exact) mass is 554 g/mol. The van der Waals surface area contributed by atoms with Crippen molar-refractivity contribution in [1.29, 1.82) is 0 Å². The van der Waals surface area contributed by atoms with Gasteiger partial charge >= 0.3 is 0 Å². The molecule has 0 aliphatic heterocycles. The Morgan fingerprint density at radius 2 is 1.77 bits per heavy atom. The number of aromatic nitrogens is 1. The molecule has 31 heavy (non-hydrogen) atoms. The Kier molecular flexibility index (Phi) is 9.50. The molecule has 3 aromatic rings. The Morgan fingerprint density at radius 1 is 1.06 bits per heavy atom. The fraction of sp³-hybridized carbons (Fsp3) is 0.273. The van der Waals surface area contributed by atoms with Crippen molar-refractivity contribution in [2.45, 2.75) is 24.8 Å². The standard InChI is InChI=1S/C22H26N4O3S.HI/c1-3-23-22(24-14-13-17-9-11-20(12-10-17)30(2,27)28)25-15-19-16-29-21(26-19)18-7-5-4-6-8-18;/h4-12,16H,3,13-15H2,1-2H3,(H2,23,24,25);1H. The molecular formula is C22H27IN4O3S. The van der Waals surface area contributed by atoms with Crippen molar-refractivity contribution >= 4 is 39.8 Å². The largest absolute Gasteiger partial charge is 0.444 e. The molecule has 2 aromatic carbocycles. The topological polar surface area (TPSA) is 96.6 Å². The van der Waals surface area contributed by atoms with Crippen LogP contribution in [0.1, 0.15) is 18.2 Å². The van der Waals surface area contributed by atoms with Gasteiger partial charge in [-0.25, -0.2) is 18.4 Å². The van der Waals surface area contributed by atoms with Gasteiger partial charge in [0.15, 0.2) is 15.8 Å². The predicted molar refractivity (Wildman–Crippen MR) is 133 cm³/mol. The summed E-state index contributed by atoms with van der Waals surface area (Å²) in [6.07, 6.45) is 3.58. The van der Waals surface area contributed by atoms with Gasteiger partial charge in [-0.15, -0.1) is 24.0 Å². The Morgan fingerprint density at radius 3 is 2.42 bits per heavy atom. The highest BCUT2D eigenvalue weighted by molar-refractivity contribution is 14.0. The fourth-order valence-electron chi connectivity index (χ4n) is 2.82. The lowest BCUT2D eigenvalue weighted by Crippen LogP contribution is -2.38. The zero-order valence-corrected chi connectivity index (χ0v) is 20.7. The summed E-state index contributed by atoms with van der Waals surface area (Å²) in [6, 6.07) is 16.7. The van der Waals surface area contributed by atoms with Crippen LogP contribution in [-0.2, 0) is 22.8 Å². The normalized spacial score (nSPS) is 11.6. The van der Waals surface area contributed by atoms with Gasteiger partial charge in [0, 0.05) is 24.9 Å². The van der Waals surface area contributed by atoms with Gasteiger partial charge in [0.25, 0.3) is 0 Å². The fourth-order valence-corrected chi connectivity index (χ4v) is 3.45. The molecule has 0 spiro atoms. The maximum Gasteiger partial charge on any atom is 0.226 e. The van der Waals surface area contributed by atoms with Gasteiger partial charge in [0.2, 0.25) is 5.89 Å². The van der Waals surface area contributed by atoms with Crippen molar-refractivity contribution in [2.24, 2.45) is 4.99 Å². The van der Waals surface area contributed by atoms with E-state index in [9.17, 15) is 8.42 Å². The first-order valence-corrected chi connectivity index (χ1v) is 11.7. The number of guanidine groups is 1. The van der Waals surface area contributed by atoms with E-state index in [1.165, 1.54) is 6.26 Å². The first-order valence-electron chi connectivity index (χ1n) is 9.76.